The lowest BCUT2D eigenvalue weighted by atomic mass is 10.1. The number of anilines is 2. The van der Waals surface area contributed by atoms with Gasteiger partial charge in [-0.3, -0.25) is 9.59 Å². The van der Waals surface area contributed by atoms with Gasteiger partial charge in [0.2, 0.25) is 5.82 Å². The van der Waals surface area contributed by atoms with Crippen molar-refractivity contribution in [3.8, 4) is 0 Å². The second kappa shape index (κ2) is 13.1. The Morgan fingerprint density at radius 3 is 2.15 bits per heavy atom. The van der Waals surface area contributed by atoms with Crippen LogP contribution in [0.1, 0.15) is 47.7 Å². The van der Waals surface area contributed by atoms with Gasteiger partial charge >= 0.3 is 0 Å². The molecule has 0 aromatic heterocycles. The number of amides is 2. The molecule has 3 rings (SSSR count). The Balaban J connectivity index is 2.04. The van der Waals surface area contributed by atoms with Crippen molar-refractivity contribution < 1.29 is 36.6 Å². The molecule has 0 saturated heterocycles. The third kappa shape index (κ3) is 6.88. The lowest BCUT2D eigenvalue weighted by Gasteiger charge is -2.28. The molecule has 0 aliphatic heterocycles. The molecule has 1 atom stereocenters. The summed E-state index contributed by atoms with van der Waals surface area (Å²) in [4.78, 5) is 27.4. The molecular formula is C29H27F5N2O3. The molecule has 206 valence electrons. The van der Waals surface area contributed by atoms with Crippen molar-refractivity contribution in [3.63, 3.8) is 0 Å². The molecule has 0 radical (unpaired) electrons. The monoisotopic (exact) mass is 546 g/mol. The number of aliphatic hydroxyl groups is 1. The number of nitrogens with zero attached hydrogens (tertiary/aromatic N) is 1. The number of carbonyl (C=O) groups is 2. The van der Waals surface area contributed by atoms with Crippen LogP contribution in [0.2, 0.25) is 0 Å². The lowest BCUT2D eigenvalue weighted by molar-refractivity contribution is -0.127. The van der Waals surface area contributed by atoms with Gasteiger partial charge in [0.15, 0.2) is 23.3 Å². The summed E-state index contributed by atoms with van der Waals surface area (Å²) in [6.07, 6.45) is 3.64. The Morgan fingerprint density at radius 2 is 1.54 bits per heavy atom. The number of aliphatic hydroxyl groups excluding tert-OH is 1. The Kier molecular flexibility index (Phi) is 9.95. The van der Waals surface area contributed by atoms with E-state index in [1.807, 2.05) is 19.1 Å². The van der Waals surface area contributed by atoms with Gasteiger partial charge in [0.25, 0.3) is 11.8 Å². The minimum atomic E-state index is -2.39. The topological polar surface area (TPSA) is 69.6 Å². The fourth-order valence-corrected chi connectivity index (χ4v) is 3.85. The first kappa shape index (κ1) is 29.5. The normalized spacial score (nSPS) is 12.0. The average molecular weight is 547 g/mol. The first-order valence-corrected chi connectivity index (χ1v) is 12.2. The van der Waals surface area contributed by atoms with E-state index in [0.717, 1.165) is 6.42 Å². The number of halogens is 5. The van der Waals surface area contributed by atoms with Crippen LogP contribution in [0.15, 0.2) is 60.7 Å². The zero-order valence-corrected chi connectivity index (χ0v) is 21.3. The Hall–Kier alpha value is -4.05. The highest BCUT2D eigenvalue weighted by Gasteiger charge is 2.31. The molecule has 0 aliphatic rings. The van der Waals surface area contributed by atoms with Crippen LogP contribution in [-0.2, 0) is 11.3 Å². The summed E-state index contributed by atoms with van der Waals surface area (Å²) in [7, 11) is 0. The highest BCUT2D eigenvalue weighted by Crippen LogP contribution is 2.31. The highest BCUT2D eigenvalue weighted by molar-refractivity contribution is 6.08. The number of hydrogen-bond donors (Lipinski definition) is 2. The Bertz CT molecular complexity index is 1350. The SMILES string of the molecule is CC/C=C\CCC(O)C(=O)N(Cc1ccccc1)c1cc(C)ccc1NC(=O)c1c(F)c(F)c(F)c(F)c1F. The Labute approximate surface area is 222 Å². The molecule has 39 heavy (non-hydrogen) atoms. The summed E-state index contributed by atoms with van der Waals surface area (Å²) >= 11 is 0. The van der Waals surface area contributed by atoms with Crippen LogP contribution in [0.25, 0.3) is 0 Å². The van der Waals surface area contributed by atoms with Crippen LogP contribution in [0.5, 0.6) is 0 Å². The van der Waals surface area contributed by atoms with E-state index in [2.05, 4.69) is 5.32 Å². The molecule has 0 spiro atoms. The van der Waals surface area contributed by atoms with E-state index in [1.165, 1.54) is 23.1 Å². The van der Waals surface area contributed by atoms with Crippen molar-refractivity contribution >= 4 is 23.2 Å². The van der Waals surface area contributed by atoms with Gasteiger partial charge in [0.1, 0.15) is 11.7 Å². The van der Waals surface area contributed by atoms with Crippen molar-refractivity contribution in [2.45, 2.75) is 45.8 Å². The number of rotatable bonds is 10. The van der Waals surface area contributed by atoms with Crippen LogP contribution in [0.4, 0.5) is 33.3 Å². The molecule has 2 N–H and O–H groups in total. The fraction of sp³-hybridized carbons (Fsp3) is 0.241. The first-order valence-electron chi connectivity index (χ1n) is 12.2. The van der Waals surface area contributed by atoms with Crippen molar-refractivity contribution in [2.75, 3.05) is 10.2 Å². The maximum Gasteiger partial charge on any atom is 0.261 e. The minimum Gasteiger partial charge on any atom is -0.383 e. The summed E-state index contributed by atoms with van der Waals surface area (Å²) < 4.78 is 69.5. The van der Waals surface area contributed by atoms with Crippen LogP contribution in [0.3, 0.4) is 0 Å². The van der Waals surface area contributed by atoms with Crippen LogP contribution >= 0.6 is 0 Å². The predicted octanol–water partition coefficient (Wildman–Crippen LogP) is 6.58. The zero-order valence-electron chi connectivity index (χ0n) is 21.3. The Morgan fingerprint density at radius 1 is 0.923 bits per heavy atom. The number of aryl methyl sites for hydroxylation is 1. The summed E-state index contributed by atoms with van der Waals surface area (Å²) in [5.41, 5.74) is -0.448. The second-order valence-electron chi connectivity index (χ2n) is 8.80. The predicted molar refractivity (Wildman–Crippen MR) is 138 cm³/mol. The van der Waals surface area contributed by atoms with Crippen molar-refractivity contribution in [2.24, 2.45) is 0 Å². The van der Waals surface area contributed by atoms with Crippen molar-refractivity contribution in [1.29, 1.82) is 0 Å². The quantitative estimate of drug-likeness (QED) is 0.131. The van der Waals surface area contributed by atoms with Gasteiger partial charge in [-0.15, -0.1) is 0 Å². The van der Waals surface area contributed by atoms with E-state index in [1.54, 1.807) is 37.3 Å². The van der Waals surface area contributed by atoms with Gasteiger partial charge in [0, 0.05) is 0 Å². The highest BCUT2D eigenvalue weighted by atomic mass is 19.2. The summed E-state index contributed by atoms with van der Waals surface area (Å²) in [5, 5.41) is 12.8. The number of benzene rings is 3. The van der Waals surface area contributed by atoms with E-state index in [0.29, 0.717) is 17.5 Å². The molecule has 1 unspecified atom stereocenters. The van der Waals surface area contributed by atoms with E-state index < -0.39 is 52.6 Å². The minimum absolute atomic E-state index is 0.0453. The van der Waals surface area contributed by atoms with Crippen LogP contribution < -0.4 is 10.2 Å². The summed E-state index contributed by atoms with van der Waals surface area (Å²) in [6, 6.07) is 13.1. The van der Waals surface area contributed by atoms with Gasteiger partial charge in [-0.2, -0.15) is 0 Å². The molecule has 0 saturated carbocycles. The largest absolute Gasteiger partial charge is 0.383 e. The van der Waals surface area contributed by atoms with Gasteiger partial charge < -0.3 is 15.3 Å². The summed E-state index contributed by atoms with van der Waals surface area (Å²) in [6.45, 7) is 3.59. The molecule has 3 aromatic rings. The van der Waals surface area contributed by atoms with Gasteiger partial charge in [-0.25, -0.2) is 22.0 Å². The first-order chi connectivity index (χ1) is 18.6. The smallest absolute Gasteiger partial charge is 0.261 e. The van der Waals surface area contributed by atoms with Gasteiger partial charge in [-0.05, 0) is 49.4 Å². The number of carbonyl (C=O) groups excluding carboxylic acids is 2. The molecule has 2 amide bonds. The second-order valence-corrected chi connectivity index (χ2v) is 8.80. The standard InChI is InChI=1S/C29H27F5N2O3/c1-3-4-5-9-12-21(37)29(39)36(16-18-10-7-6-8-11-18)20-15-17(2)13-14-19(20)35-28(38)22-23(30)25(32)27(34)26(33)24(22)31/h4-8,10-11,13-15,21,37H,3,9,12,16H2,1-2H3,(H,35,38)/b5-4-. The molecule has 0 fully saturated rings. The van der Waals surface area contributed by atoms with E-state index in [4.69, 9.17) is 0 Å². The molecule has 5 nitrogen and oxygen atoms in total. The fourth-order valence-electron chi connectivity index (χ4n) is 3.85. The van der Waals surface area contributed by atoms with E-state index in [-0.39, 0.29) is 24.3 Å². The lowest BCUT2D eigenvalue weighted by Crippen LogP contribution is -2.39. The van der Waals surface area contributed by atoms with E-state index in [9.17, 15) is 36.6 Å². The molecule has 0 heterocycles. The van der Waals surface area contributed by atoms with Gasteiger partial charge in [0.05, 0.1) is 17.9 Å². The third-order valence-corrected chi connectivity index (χ3v) is 5.87. The molecule has 0 bridgehead atoms. The van der Waals surface area contributed by atoms with E-state index >= 15 is 0 Å². The maximum atomic E-state index is 14.3. The van der Waals surface area contributed by atoms with Crippen molar-refractivity contribution in [1.82, 2.24) is 0 Å². The third-order valence-electron chi connectivity index (χ3n) is 5.87. The molecular weight excluding hydrogens is 519 g/mol. The maximum absolute atomic E-state index is 14.3. The summed E-state index contributed by atoms with van der Waals surface area (Å²) in [5.74, 6) is -13.8. The number of hydrogen-bond acceptors (Lipinski definition) is 3. The number of allylic oxidation sites excluding steroid dienone is 2. The van der Waals surface area contributed by atoms with Crippen LogP contribution in [0, 0.1) is 36.0 Å². The van der Waals surface area contributed by atoms with Crippen LogP contribution in [-0.4, -0.2) is 23.0 Å². The van der Waals surface area contributed by atoms with Gasteiger partial charge in [-0.1, -0.05) is 55.5 Å². The molecule has 0 aliphatic carbocycles. The zero-order chi connectivity index (χ0) is 28.7. The average Bonchev–Trinajstić information content (AvgIpc) is 2.93. The molecule has 3 aromatic carbocycles. The number of nitrogens with one attached hydrogen (secondary N) is 1. The van der Waals surface area contributed by atoms with Crippen molar-refractivity contribution in [3.05, 3.63) is 106 Å². The molecule has 10 heteroatoms.